The molecule has 0 spiro atoms. The van der Waals surface area contributed by atoms with Gasteiger partial charge in [-0.05, 0) is 25.1 Å². The number of anilines is 1. The predicted molar refractivity (Wildman–Crippen MR) is 83.8 cm³/mol. The number of methoxy groups -OCH3 is 1. The maximum atomic E-state index is 12.4. The molecular formula is C15H15N5O2. The second-order valence-electron chi connectivity index (χ2n) is 4.71. The van der Waals surface area contributed by atoms with Gasteiger partial charge in [0.15, 0.2) is 5.65 Å². The minimum Gasteiger partial charge on any atom is -0.497 e. The molecule has 0 saturated heterocycles. The molecule has 22 heavy (non-hydrogen) atoms. The Morgan fingerprint density at radius 2 is 2.05 bits per heavy atom. The van der Waals surface area contributed by atoms with Crippen LogP contribution in [0.3, 0.4) is 0 Å². The van der Waals surface area contributed by atoms with Crippen molar-refractivity contribution in [2.45, 2.75) is 6.92 Å². The summed E-state index contributed by atoms with van der Waals surface area (Å²) in [6.45, 7) is 1.87. The van der Waals surface area contributed by atoms with Gasteiger partial charge in [-0.2, -0.15) is 4.98 Å². The van der Waals surface area contributed by atoms with Gasteiger partial charge in [-0.15, -0.1) is 0 Å². The first kappa shape index (κ1) is 14.0. The van der Waals surface area contributed by atoms with Gasteiger partial charge >= 0.3 is 5.69 Å². The molecule has 7 nitrogen and oxygen atoms in total. The van der Waals surface area contributed by atoms with Crippen LogP contribution in [0, 0.1) is 6.92 Å². The van der Waals surface area contributed by atoms with Gasteiger partial charge < -0.3 is 10.1 Å². The molecule has 0 bridgehead atoms. The summed E-state index contributed by atoms with van der Waals surface area (Å²) in [5.74, 6) is 1.52. The summed E-state index contributed by atoms with van der Waals surface area (Å²) >= 11 is 0. The monoisotopic (exact) mass is 297 g/mol. The minimum atomic E-state index is -0.448. The maximum Gasteiger partial charge on any atom is 0.357 e. The third-order valence-electron chi connectivity index (χ3n) is 3.30. The molecule has 3 rings (SSSR count). The van der Waals surface area contributed by atoms with Crippen LogP contribution in [0.1, 0.15) is 5.69 Å². The third kappa shape index (κ3) is 2.26. The Hall–Kier alpha value is -2.96. The molecular weight excluding hydrogens is 282 g/mol. The number of nitrogens with zero attached hydrogens (tertiary/aromatic N) is 4. The summed E-state index contributed by atoms with van der Waals surface area (Å²) in [6, 6.07) is 7.14. The van der Waals surface area contributed by atoms with E-state index in [1.54, 1.807) is 32.5 Å². The second-order valence-corrected chi connectivity index (χ2v) is 4.71. The highest BCUT2D eigenvalue weighted by atomic mass is 16.5. The fourth-order valence-electron chi connectivity index (χ4n) is 2.24. The molecule has 0 atom stereocenters. The average molecular weight is 297 g/mol. The summed E-state index contributed by atoms with van der Waals surface area (Å²) < 4.78 is 6.57. The number of aryl methyl sites for hydroxylation is 1. The van der Waals surface area contributed by atoms with Gasteiger partial charge in [-0.3, -0.25) is 0 Å². The number of ether oxygens (including phenoxy) is 1. The van der Waals surface area contributed by atoms with Crippen LogP contribution in [0.25, 0.3) is 16.9 Å². The van der Waals surface area contributed by atoms with Crippen molar-refractivity contribution in [3.05, 3.63) is 46.6 Å². The van der Waals surface area contributed by atoms with Gasteiger partial charge in [0.1, 0.15) is 17.4 Å². The first-order valence-electron chi connectivity index (χ1n) is 6.72. The smallest absolute Gasteiger partial charge is 0.357 e. The molecule has 0 fully saturated rings. The van der Waals surface area contributed by atoms with Crippen LogP contribution in [0.5, 0.6) is 5.75 Å². The number of pyridine rings is 2. The van der Waals surface area contributed by atoms with Gasteiger partial charge in [0.25, 0.3) is 0 Å². The van der Waals surface area contributed by atoms with E-state index < -0.39 is 5.69 Å². The summed E-state index contributed by atoms with van der Waals surface area (Å²) in [4.78, 5) is 25.2. The second kappa shape index (κ2) is 5.44. The van der Waals surface area contributed by atoms with Crippen molar-refractivity contribution in [1.82, 2.24) is 19.5 Å². The van der Waals surface area contributed by atoms with E-state index in [1.807, 2.05) is 19.1 Å². The zero-order chi connectivity index (χ0) is 15.7. The van der Waals surface area contributed by atoms with Gasteiger partial charge in [-0.25, -0.2) is 19.3 Å². The molecule has 3 aromatic rings. The van der Waals surface area contributed by atoms with E-state index in [1.165, 1.54) is 4.57 Å². The SMILES string of the molecule is CNc1nc(=O)n(-c2cc(OC)ccn2)c2nc(C)ccc12. The number of nitrogens with one attached hydrogen (secondary N) is 1. The summed E-state index contributed by atoms with van der Waals surface area (Å²) in [6.07, 6.45) is 1.58. The van der Waals surface area contributed by atoms with Crippen LogP contribution in [0.15, 0.2) is 35.3 Å². The van der Waals surface area contributed by atoms with Crippen molar-refractivity contribution in [1.29, 1.82) is 0 Å². The molecule has 0 saturated carbocycles. The number of hydrogen-bond donors (Lipinski definition) is 1. The molecule has 112 valence electrons. The van der Waals surface area contributed by atoms with Gasteiger partial charge in [0.2, 0.25) is 0 Å². The van der Waals surface area contributed by atoms with Crippen molar-refractivity contribution in [3.8, 4) is 11.6 Å². The Morgan fingerprint density at radius 3 is 2.77 bits per heavy atom. The van der Waals surface area contributed by atoms with Crippen molar-refractivity contribution < 1.29 is 4.74 Å². The first-order valence-corrected chi connectivity index (χ1v) is 6.72. The molecule has 3 aromatic heterocycles. The van der Waals surface area contributed by atoms with Crippen molar-refractivity contribution >= 4 is 16.9 Å². The van der Waals surface area contributed by atoms with Gasteiger partial charge in [-0.1, -0.05) is 0 Å². The van der Waals surface area contributed by atoms with Crippen molar-refractivity contribution in [2.75, 3.05) is 19.5 Å². The van der Waals surface area contributed by atoms with Crippen LogP contribution in [0.4, 0.5) is 5.82 Å². The van der Waals surface area contributed by atoms with Crippen LogP contribution in [0.2, 0.25) is 0 Å². The zero-order valence-corrected chi connectivity index (χ0v) is 12.5. The third-order valence-corrected chi connectivity index (χ3v) is 3.30. The first-order chi connectivity index (χ1) is 10.6. The van der Waals surface area contributed by atoms with Crippen LogP contribution in [-0.2, 0) is 0 Å². The molecule has 7 heteroatoms. The normalized spacial score (nSPS) is 10.7. The zero-order valence-electron chi connectivity index (χ0n) is 12.5. The molecule has 3 heterocycles. The Kier molecular flexibility index (Phi) is 3.46. The molecule has 0 aliphatic heterocycles. The molecule has 0 amide bonds. The van der Waals surface area contributed by atoms with Gasteiger partial charge in [0, 0.05) is 25.0 Å². The lowest BCUT2D eigenvalue weighted by atomic mass is 10.2. The standard InChI is InChI=1S/C15H15N5O2/c1-9-4-5-11-13(16-2)19-15(21)20(14(11)18-9)12-8-10(22-3)6-7-17-12/h4-8H,1-3H3,(H,16,19,21). The molecule has 0 radical (unpaired) electrons. The van der Waals surface area contributed by atoms with Crippen LogP contribution < -0.4 is 15.7 Å². The topological polar surface area (TPSA) is 81.9 Å². The Labute approximate surface area is 126 Å². The van der Waals surface area contributed by atoms with E-state index in [4.69, 9.17) is 4.74 Å². The summed E-state index contributed by atoms with van der Waals surface area (Å²) in [5.41, 5.74) is 0.859. The molecule has 0 unspecified atom stereocenters. The van der Waals surface area contributed by atoms with E-state index in [-0.39, 0.29) is 0 Å². The van der Waals surface area contributed by atoms with E-state index >= 15 is 0 Å². The molecule has 1 N–H and O–H groups in total. The quantitative estimate of drug-likeness (QED) is 0.789. The maximum absolute atomic E-state index is 12.4. The highest BCUT2D eigenvalue weighted by Crippen LogP contribution is 2.21. The van der Waals surface area contributed by atoms with Crippen LogP contribution in [-0.4, -0.2) is 33.7 Å². The highest BCUT2D eigenvalue weighted by Gasteiger charge is 2.14. The number of hydrogen-bond acceptors (Lipinski definition) is 6. The van der Waals surface area contributed by atoms with E-state index in [9.17, 15) is 4.79 Å². The highest BCUT2D eigenvalue weighted by molar-refractivity contribution is 5.87. The molecule has 0 aliphatic rings. The average Bonchev–Trinajstić information content (AvgIpc) is 2.53. The molecule has 0 aliphatic carbocycles. The largest absolute Gasteiger partial charge is 0.497 e. The number of aromatic nitrogens is 4. The lowest BCUT2D eigenvalue weighted by molar-refractivity contribution is 0.414. The van der Waals surface area contributed by atoms with E-state index in [0.29, 0.717) is 23.0 Å². The van der Waals surface area contributed by atoms with E-state index in [0.717, 1.165) is 11.1 Å². The van der Waals surface area contributed by atoms with Crippen LogP contribution >= 0.6 is 0 Å². The van der Waals surface area contributed by atoms with Gasteiger partial charge in [0.05, 0.1) is 12.5 Å². The summed E-state index contributed by atoms with van der Waals surface area (Å²) in [7, 11) is 3.28. The lowest BCUT2D eigenvalue weighted by Crippen LogP contribution is -2.24. The predicted octanol–water partition coefficient (Wildman–Crippen LogP) is 1.53. The number of rotatable bonds is 3. The fraction of sp³-hybridized carbons (Fsp3) is 0.200. The minimum absolute atomic E-state index is 0.419. The summed E-state index contributed by atoms with van der Waals surface area (Å²) in [5, 5.41) is 3.67. The lowest BCUT2D eigenvalue weighted by Gasteiger charge is -2.12. The molecule has 0 aromatic carbocycles. The van der Waals surface area contributed by atoms with Crippen molar-refractivity contribution in [3.63, 3.8) is 0 Å². The Bertz CT molecular complexity index is 904. The Morgan fingerprint density at radius 1 is 1.23 bits per heavy atom. The number of fused-ring (bicyclic) bond motifs is 1. The fourth-order valence-corrected chi connectivity index (χ4v) is 2.24. The Balaban J connectivity index is 2.40. The van der Waals surface area contributed by atoms with Crippen molar-refractivity contribution in [2.24, 2.45) is 0 Å². The van der Waals surface area contributed by atoms with E-state index in [2.05, 4.69) is 20.3 Å².